The summed E-state index contributed by atoms with van der Waals surface area (Å²) in [7, 11) is 5.82. The van der Waals surface area contributed by atoms with Gasteiger partial charge in [0.2, 0.25) is 5.91 Å². The molecule has 2 aromatic carbocycles. The first-order chi connectivity index (χ1) is 15.0. The highest BCUT2D eigenvalue weighted by Crippen LogP contribution is 2.49. The van der Waals surface area contributed by atoms with E-state index < -0.39 is 0 Å². The minimum Gasteiger partial charge on any atom is -0.497 e. The Hall–Kier alpha value is -2.83. The fourth-order valence-electron chi connectivity index (χ4n) is 5.74. The number of aliphatic hydroxyl groups is 1. The van der Waals surface area contributed by atoms with E-state index in [4.69, 9.17) is 4.74 Å². The molecule has 1 spiro atoms. The summed E-state index contributed by atoms with van der Waals surface area (Å²) < 4.78 is 7.61. The molecule has 1 fully saturated rings. The van der Waals surface area contributed by atoms with E-state index in [2.05, 4.69) is 22.6 Å². The molecule has 1 saturated heterocycles. The number of carbonyl (C=O) groups excluding carboxylic acids is 1. The second kappa shape index (κ2) is 7.39. The number of carbonyl (C=O) groups is 1. The number of rotatable bonds is 4. The number of likely N-dealkylation sites (N-methyl/N-ethyl adjacent to an activating group) is 1. The van der Waals surface area contributed by atoms with E-state index in [0.29, 0.717) is 13.0 Å². The minimum atomic E-state index is -0.355. The van der Waals surface area contributed by atoms with E-state index in [0.717, 1.165) is 35.6 Å². The van der Waals surface area contributed by atoms with Crippen LogP contribution < -0.4 is 4.74 Å². The molecule has 0 bridgehead atoms. The van der Waals surface area contributed by atoms with Gasteiger partial charge in [0.05, 0.1) is 31.7 Å². The number of hydrogen-bond donors (Lipinski definition) is 1. The molecule has 5 rings (SSSR count). The van der Waals surface area contributed by atoms with Crippen molar-refractivity contribution in [3.05, 3.63) is 65.4 Å². The lowest BCUT2D eigenvalue weighted by molar-refractivity contribution is -0.138. The number of hydrogen-bond acceptors (Lipinski definition) is 4. The molecule has 3 aromatic rings. The molecule has 0 saturated carbocycles. The van der Waals surface area contributed by atoms with Crippen LogP contribution in [0.3, 0.4) is 0 Å². The third kappa shape index (κ3) is 3.05. The highest BCUT2D eigenvalue weighted by atomic mass is 16.5. The fraction of sp³-hybridized carbons (Fsp3) is 0.400. The topological polar surface area (TPSA) is 57.9 Å². The number of likely N-dealkylation sites (tertiary alicyclic amines) is 1. The van der Waals surface area contributed by atoms with Gasteiger partial charge in [0.15, 0.2) is 0 Å². The van der Waals surface area contributed by atoms with Crippen LogP contribution in [0.2, 0.25) is 0 Å². The number of methoxy groups -OCH3 is 1. The molecule has 3 heterocycles. The predicted octanol–water partition coefficient (Wildman–Crippen LogP) is 2.49. The maximum atomic E-state index is 13.5. The second-order valence-electron chi connectivity index (χ2n) is 9.04. The summed E-state index contributed by atoms with van der Waals surface area (Å²) in [5.74, 6) is 0.871. The van der Waals surface area contributed by atoms with Crippen LogP contribution in [0, 0.1) is 0 Å². The normalized spacial score (nSPS) is 20.0. The molecule has 1 amide bonds. The molecule has 31 heavy (non-hydrogen) atoms. The Labute approximate surface area is 182 Å². The number of ether oxygens (including phenoxy) is 1. The summed E-state index contributed by atoms with van der Waals surface area (Å²) in [6.45, 7) is 2.34. The maximum absolute atomic E-state index is 13.5. The van der Waals surface area contributed by atoms with E-state index in [1.165, 1.54) is 10.9 Å². The van der Waals surface area contributed by atoms with Crippen LogP contribution in [-0.4, -0.2) is 65.8 Å². The van der Waals surface area contributed by atoms with Crippen LogP contribution in [0.4, 0.5) is 0 Å². The van der Waals surface area contributed by atoms with Crippen molar-refractivity contribution >= 4 is 16.8 Å². The van der Waals surface area contributed by atoms with Crippen molar-refractivity contribution in [3.63, 3.8) is 0 Å². The Morgan fingerprint density at radius 2 is 1.87 bits per heavy atom. The highest BCUT2D eigenvalue weighted by molar-refractivity contribution is 5.90. The molecule has 162 valence electrons. The van der Waals surface area contributed by atoms with Gasteiger partial charge in [-0.1, -0.05) is 30.3 Å². The molecule has 0 aliphatic carbocycles. The van der Waals surface area contributed by atoms with Crippen LogP contribution in [0.5, 0.6) is 5.75 Å². The Kier molecular flexibility index (Phi) is 4.79. The van der Waals surface area contributed by atoms with Gasteiger partial charge in [0.1, 0.15) is 5.75 Å². The highest BCUT2D eigenvalue weighted by Gasteiger charge is 2.53. The standard InChI is InChI=1S/C25H29N3O3/c1-26-14-25(15-26)16-28(22(30)11-17-7-5-4-6-8-17)21(13-29)24-23(25)19-10-9-18(31-3)12-20(19)27(24)2/h4-10,12,21,29H,11,13-16H2,1-3H3/t21-/m0/s1. The zero-order valence-electron chi connectivity index (χ0n) is 18.3. The van der Waals surface area contributed by atoms with Crippen molar-refractivity contribution in [3.8, 4) is 5.75 Å². The number of amides is 1. The van der Waals surface area contributed by atoms with Crippen LogP contribution in [0.15, 0.2) is 48.5 Å². The van der Waals surface area contributed by atoms with Crippen molar-refractivity contribution in [2.45, 2.75) is 17.9 Å². The van der Waals surface area contributed by atoms with Crippen molar-refractivity contribution in [2.24, 2.45) is 7.05 Å². The SMILES string of the molecule is COc1ccc2c3c(n(C)c2c1)[C@H](CO)N(C(=O)Cc1ccccc1)CC31CN(C)C1. The molecule has 6 nitrogen and oxygen atoms in total. The summed E-state index contributed by atoms with van der Waals surface area (Å²) in [5.41, 5.74) is 4.29. The van der Waals surface area contributed by atoms with E-state index in [1.54, 1.807) is 7.11 Å². The first kappa shape index (κ1) is 20.1. The molecule has 1 N–H and O–H groups in total. The first-order valence-corrected chi connectivity index (χ1v) is 10.8. The van der Waals surface area contributed by atoms with Gasteiger partial charge >= 0.3 is 0 Å². The summed E-state index contributed by atoms with van der Waals surface area (Å²) >= 11 is 0. The number of aliphatic hydroxyl groups excluding tert-OH is 1. The van der Waals surface area contributed by atoms with Gasteiger partial charge in [-0.15, -0.1) is 0 Å². The zero-order valence-corrected chi connectivity index (χ0v) is 18.3. The smallest absolute Gasteiger partial charge is 0.227 e. The molecule has 0 unspecified atom stereocenters. The average Bonchev–Trinajstić information content (AvgIpc) is 3.06. The van der Waals surface area contributed by atoms with Crippen molar-refractivity contribution in [1.82, 2.24) is 14.4 Å². The summed E-state index contributed by atoms with van der Waals surface area (Å²) in [5, 5.41) is 11.6. The van der Waals surface area contributed by atoms with Crippen molar-refractivity contribution in [1.29, 1.82) is 0 Å². The molecule has 2 aliphatic rings. The van der Waals surface area contributed by atoms with E-state index in [1.807, 2.05) is 54.4 Å². The number of fused-ring (bicyclic) bond motifs is 4. The minimum absolute atomic E-state index is 0.0627. The van der Waals surface area contributed by atoms with Gasteiger partial charge in [0.25, 0.3) is 0 Å². The van der Waals surface area contributed by atoms with Crippen molar-refractivity contribution < 1.29 is 14.6 Å². The monoisotopic (exact) mass is 419 g/mol. The quantitative estimate of drug-likeness (QED) is 0.706. The van der Waals surface area contributed by atoms with Crippen LogP contribution >= 0.6 is 0 Å². The van der Waals surface area contributed by atoms with E-state index in [-0.39, 0.29) is 24.0 Å². The lowest BCUT2D eigenvalue weighted by Crippen LogP contribution is -2.66. The lowest BCUT2D eigenvalue weighted by atomic mass is 9.69. The molecule has 1 atom stereocenters. The van der Waals surface area contributed by atoms with Gasteiger partial charge < -0.3 is 24.2 Å². The molecule has 2 aliphatic heterocycles. The third-order valence-corrected chi connectivity index (χ3v) is 6.98. The summed E-state index contributed by atoms with van der Waals surface area (Å²) in [6, 6.07) is 15.7. The summed E-state index contributed by atoms with van der Waals surface area (Å²) in [4.78, 5) is 17.7. The predicted molar refractivity (Wildman–Crippen MR) is 120 cm³/mol. The van der Waals surface area contributed by atoms with E-state index in [9.17, 15) is 9.90 Å². The number of aromatic nitrogens is 1. The Morgan fingerprint density at radius 3 is 2.52 bits per heavy atom. The maximum Gasteiger partial charge on any atom is 0.227 e. The van der Waals surface area contributed by atoms with E-state index >= 15 is 0 Å². The summed E-state index contributed by atoms with van der Waals surface area (Å²) in [6.07, 6.45) is 0.344. The Bertz CT molecular complexity index is 1130. The Morgan fingerprint density at radius 1 is 1.13 bits per heavy atom. The average molecular weight is 420 g/mol. The molecule has 6 heteroatoms. The van der Waals surface area contributed by atoms with Gasteiger partial charge in [-0.2, -0.15) is 0 Å². The molecular weight excluding hydrogens is 390 g/mol. The van der Waals surface area contributed by atoms with Gasteiger partial charge in [-0.05, 0) is 30.3 Å². The van der Waals surface area contributed by atoms with Crippen LogP contribution in [-0.2, 0) is 23.7 Å². The second-order valence-corrected chi connectivity index (χ2v) is 9.04. The largest absolute Gasteiger partial charge is 0.497 e. The number of nitrogens with zero attached hydrogens (tertiary/aromatic N) is 3. The van der Waals surface area contributed by atoms with Crippen LogP contribution in [0.1, 0.15) is 22.9 Å². The van der Waals surface area contributed by atoms with Gasteiger partial charge in [-0.25, -0.2) is 0 Å². The molecule has 0 radical (unpaired) electrons. The Balaban J connectivity index is 1.63. The zero-order chi connectivity index (χ0) is 21.8. The number of aryl methyl sites for hydroxylation is 1. The third-order valence-electron chi connectivity index (χ3n) is 6.98. The van der Waals surface area contributed by atoms with Crippen molar-refractivity contribution in [2.75, 3.05) is 40.4 Å². The first-order valence-electron chi connectivity index (χ1n) is 10.8. The van der Waals surface area contributed by atoms with Crippen LogP contribution in [0.25, 0.3) is 10.9 Å². The number of benzene rings is 2. The molecule has 1 aromatic heterocycles. The fourth-order valence-corrected chi connectivity index (χ4v) is 5.74. The molecular formula is C25H29N3O3. The lowest BCUT2D eigenvalue weighted by Gasteiger charge is -2.55. The van der Waals surface area contributed by atoms with Gasteiger partial charge in [0, 0.05) is 49.2 Å². The van der Waals surface area contributed by atoms with Gasteiger partial charge in [-0.3, -0.25) is 4.79 Å².